The van der Waals surface area contributed by atoms with Gasteiger partial charge in [-0.05, 0) is 89.7 Å². The summed E-state index contributed by atoms with van der Waals surface area (Å²) in [7, 11) is 5.60. The number of urea groups is 1. The molecular formula is C31H46N4O6. The largest absolute Gasteiger partial charge is 0.497 e. The average molecular weight is 571 g/mol. The second-order valence-electron chi connectivity index (χ2n) is 11.1. The van der Waals surface area contributed by atoms with Gasteiger partial charge >= 0.3 is 6.03 Å². The van der Waals surface area contributed by atoms with Gasteiger partial charge in [0.15, 0.2) is 0 Å². The van der Waals surface area contributed by atoms with Crippen LogP contribution in [0.2, 0.25) is 0 Å². The number of likely N-dealkylation sites (N-methyl/N-ethyl adjacent to an activating group) is 1. The van der Waals surface area contributed by atoms with Gasteiger partial charge < -0.3 is 39.8 Å². The molecule has 10 heteroatoms. The molecule has 1 aliphatic rings. The first-order valence-electron chi connectivity index (χ1n) is 14.3. The number of benzene rings is 2. The van der Waals surface area contributed by atoms with Gasteiger partial charge in [0.2, 0.25) is 0 Å². The molecule has 0 saturated heterocycles. The summed E-state index contributed by atoms with van der Waals surface area (Å²) in [6.45, 7) is 7.46. The SMILES string of the molecule is COc1ccc(NC(=O)Nc2ccc3c(c2)C(=O)N([C@@H](C)CO)C[C@H](C)[C@H](CN(C)C)OCCCC[C@H](C)O3)cc1. The normalized spacial score (nSPS) is 21.3. The molecule has 0 aromatic heterocycles. The van der Waals surface area contributed by atoms with Crippen LogP contribution in [0.15, 0.2) is 42.5 Å². The molecule has 226 valence electrons. The predicted octanol–water partition coefficient (Wildman–Crippen LogP) is 4.70. The van der Waals surface area contributed by atoms with Crippen LogP contribution in [0.4, 0.5) is 16.2 Å². The first kappa shape index (κ1) is 32.2. The Morgan fingerprint density at radius 1 is 1.12 bits per heavy atom. The Balaban J connectivity index is 1.91. The van der Waals surface area contributed by atoms with Crippen molar-refractivity contribution < 1.29 is 28.9 Å². The van der Waals surface area contributed by atoms with Crippen LogP contribution in [0.5, 0.6) is 11.5 Å². The predicted molar refractivity (Wildman–Crippen MR) is 161 cm³/mol. The highest BCUT2D eigenvalue weighted by Crippen LogP contribution is 2.28. The van der Waals surface area contributed by atoms with Crippen LogP contribution in [0, 0.1) is 5.92 Å². The molecule has 1 aliphatic heterocycles. The summed E-state index contributed by atoms with van der Waals surface area (Å²) < 4.78 is 17.7. The molecule has 3 amide bonds. The van der Waals surface area contributed by atoms with Gasteiger partial charge in [0.25, 0.3) is 5.91 Å². The summed E-state index contributed by atoms with van der Waals surface area (Å²) in [5, 5.41) is 15.7. The Morgan fingerprint density at radius 3 is 2.46 bits per heavy atom. The number of anilines is 2. The standard InChI is InChI=1S/C31H46N4O6/c1-21-18-35(22(2)20-36)30(37)27-17-25(33-31(38)32-24-10-13-26(39-6)14-11-24)12-15-28(27)41-23(3)9-7-8-16-40-29(21)19-34(4)5/h10-15,17,21-23,29,36H,7-9,16,18-20H2,1-6H3,(H2,32,33,38)/t21-,22-,23-,29-/m0/s1. The molecule has 2 aromatic carbocycles. The average Bonchev–Trinajstić information content (AvgIpc) is 2.94. The van der Waals surface area contributed by atoms with Crippen LogP contribution >= 0.6 is 0 Å². The number of carbonyl (C=O) groups is 2. The zero-order valence-electron chi connectivity index (χ0n) is 25.2. The van der Waals surface area contributed by atoms with Crippen LogP contribution in [-0.2, 0) is 4.74 Å². The van der Waals surface area contributed by atoms with Crippen LogP contribution in [0.1, 0.15) is 50.4 Å². The van der Waals surface area contributed by atoms with Gasteiger partial charge in [0, 0.05) is 37.0 Å². The van der Waals surface area contributed by atoms with Crippen molar-refractivity contribution in [2.45, 2.75) is 58.3 Å². The number of hydrogen-bond donors (Lipinski definition) is 3. The highest BCUT2D eigenvalue weighted by Gasteiger charge is 2.30. The molecule has 3 rings (SSSR count). The van der Waals surface area contributed by atoms with E-state index in [0.29, 0.717) is 41.6 Å². The zero-order chi connectivity index (χ0) is 29.9. The first-order valence-corrected chi connectivity index (χ1v) is 14.3. The molecule has 10 nitrogen and oxygen atoms in total. The Hall–Kier alpha value is -3.34. The quantitative estimate of drug-likeness (QED) is 0.443. The second-order valence-corrected chi connectivity index (χ2v) is 11.1. The fourth-order valence-corrected chi connectivity index (χ4v) is 4.79. The minimum absolute atomic E-state index is 0.0122. The number of carbonyl (C=O) groups excluding carboxylic acids is 2. The van der Waals surface area contributed by atoms with Gasteiger partial charge in [0.05, 0.1) is 37.5 Å². The van der Waals surface area contributed by atoms with E-state index < -0.39 is 12.1 Å². The third-order valence-electron chi connectivity index (χ3n) is 7.20. The number of ether oxygens (including phenoxy) is 3. The van der Waals surface area contributed by atoms with Crippen LogP contribution in [0.25, 0.3) is 0 Å². The Kier molecular flexibility index (Phi) is 12.2. The van der Waals surface area contributed by atoms with Crippen molar-refractivity contribution in [3.63, 3.8) is 0 Å². The third-order valence-corrected chi connectivity index (χ3v) is 7.20. The molecule has 0 fully saturated rings. The number of fused-ring (bicyclic) bond motifs is 1. The van der Waals surface area contributed by atoms with Crippen molar-refractivity contribution in [3.8, 4) is 11.5 Å². The molecule has 0 saturated carbocycles. The van der Waals surface area contributed by atoms with Gasteiger partial charge in [-0.2, -0.15) is 0 Å². The zero-order valence-corrected chi connectivity index (χ0v) is 25.2. The number of rotatable bonds is 7. The van der Waals surface area contributed by atoms with Crippen molar-refractivity contribution in [1.82, 2.24) is 9.80 Å². The molecule has 0 radical (unpaired) electrons. The molecule has 0 spiro atoms. The molecule has 1 heterocycles. The minimum atomic E-state index is -0.448. The van der Waals surface area contributed by atoms with E-state index in [-0.39, 0.29) is 30.6 Å². The smallest absolute Gasteiger partial charge is 0.323 e. The minimum Gasteiger partial charge on any atom is -0.497 e. The Bertz CT molecular complexity index is 1130. The Morgan fingerprint density at radius 2 is 1.80 bits per heavy atom. The van der Waals surface area contributed by atoms with Gasteiger partial charge in [-0.3, -0.25) is 4.79 Å². The maximum Gasteiger partial charge on any atom is 0.323 e. The van der Waals surface area contributed by atoms with Crippen molar-refractivity contribution in [3.05, 3.63) is 48.0 Å². The van der Waals surface area contributed by atoms with Crippen LogP contribution < -0.4 is 20.1 Å². The van der Waals surface area contributed by atoms with E-state index in [1.165, 1.54) is 0 Å². The number of nitrogens with one attached hydrogen (secondary N) is 2. The summed E-state index contributed by atoms with van der Waals surface area (Å²) in [6.07, 6.45) is 2.47. The molecule has 0 bridgehead atoms. The number of nitrogens with zero attached hydrogens (tertiary/aromatic N) is 2. The van der Waals surface area contributed by atoms with E-state index in [1.807, 2.05) is 27.9 Å². The maximum atomic E-state index is 14.1. The summed E-state index contributed by atoms with van der Waals surface area (Å²) in [6, 6.07) is 11.2. The van der Waals surface area contributed by atoms with Crippen LogP contribution in [-0.4, -0.2) is 92.6 Å². The van der Waals surface area contributed by atoms with Gasteiger partial charge in [-0.15, -0.1) is 0 Å². The number of amides is 3. The highest BCUT2D eigenvalue weighted by molar-refractivity contribution is 6.02. The van der Waals surface area contributed by atoms with E-state index in [4.69, 9.17) is 14.2 Å². The number of methoxy groups -OCH3 is 1. The monoisotopic (exact) mass is 570 g/mol. The molecule has 2 aromatic rings. The summed E-state index contributed by atoms with van der Waals surface area (Å²) in [5.74, 6) is 0.869. The third kappa shape index (κ3) is 9.62. The number of aliphatic hydroxyl groups is 1. The van der Waals surface area contributed by atoms with Crippen molar-refractivity contribution in [2.24, 2.45) is 5.92 Å². The van der Waals surface area contributed by atoms with E-state index >= 15 is 0 Å². The fourth-order valence-electron chi connectivity index (χ4n) is 4.79. The molecule has 4 atom stereocenters. The number of hydrogen-bond acceptors (Lipinski definition) is 7. The van der Waals surface area contributed by atoms with Crippen molar-refractivity contribution in [2.75, 3.05) is 58.1 Å². The highest BCUT2D eigenvalue weighted by atomic mass is 16.5. The maximum absolute atomic E-state index is 14.1. The van der Waals surface area contributed by atoms with E-state index in [9.17, 15) is 14.7 Å². The van der Waals surface area contributed by atoms with Crippen LogP contribution in [0.3, 0.4) is 0 Å². The first-order chi connectivity index (χ1) is 19.6. The van der Waals surface area contributed by atoms with Gasteiger partial charge in [-0.25, -0.2) is 4.79 Å². The summed E-state index contributed by atoms with van der Waals surface area (Å²) in [4.78, 5) is 30.7. The van der Waals surface area contributed by atoms with E-state index in [2.05, 4.69) is 22.5 Å². The lowest BCUT2D eigenvalue weighted by molar-refractivity contribution is -0.0137. The fraction of sp³-hybridized carbons (Fsp3) is 0.548. The lowest BCUT2D eigenvalue weighted by atomic mass is 10.0. The lowest BCUT2D eigenvalue weighted by Gasteiger charge is -2.35. The molecular weight excluding hydrogens is 524 g/mol. The molecule has 41 heavy (non-hydrogen) atoms. The summed E-state index contributed by atoms with van der Waals surface area (Å²) in [5.41, 5.74) is 1.37. The van der Waals surface area contributed by atoms with Gasteiger partial charge in [0.1, 0.15) is 11.5 Å². The second kappa shape index (κ2) is 15.6. The lowest BCUT2D eigenvalue weighted by Crippen LogP contribution is -2.47. The summed E-state index contributed by atoms with van der Waals surface area (Å²) >= 11 is 0. The van der Waals surface area contributed by atoms with E-state index in [0.717, 1.165) is 25.8 Å². The van der Waals surface area contributed by atoms with Gasteiger partial charge in [-0.1, -0.05) is 6.92 Å². The number of aliphatic hydroxyl groups excluding tert-OH is 1. The molecule has 0 unspecified atom stereocenters. The Labute approximate surface area is 243 Å². The van der Waals surface area contributed by atoms with Crippen molar-refractivity contribution in [1.29, 1.82) is 0 Å². The van der Waals surface area contributed by atoms with E-state index in [1.54, 1.807) is 54.5 Å². The van der Waals surface area contributed by atoms with Crippen molar-refractivity contribution >= 4 is 23.3 Å². The molecule has 3 N–H and O–H groups in total. The topological polar surface area (TPSA) is 113 Å². The molecule has 0 aliphatic carbocycles.